The van der Waals surface area contributed by atoms with Crippen molar-refractivity contribution in [2.75, 3.05) is 33.7 Å². The van der Waals surface area contributed by atoms with Crippen LogP contribution in [-0.4, -0.2) is 51.4 Å². The van der Waals surface area contributed by atoms with Crippen molar-refractivity contribution in [3.05, 3.63) is 28.8 Å². The molecule has 1 heterocycles. The van der Waals surface area contributed by atoms with E-state index in [4.69, 9.17) is 23.2 Å². The molecule has 1 aromatic carbocycles. The number of rotatable bonds is 5. The second-order valence-electron chi connectivity index (χ2n) is 5.59. The largest absolute Gasteiger partial charge is 0.306 e. The molecule has 1 fully saturated rings. The zero-order valence-electron chi connectivity index (χ0n) is 12.2. The molecule has 0 saturated carbocycles. The number of benzene rings is 1. The minimum atomic E-state index is -3.50. The van der Waals surface area contributed by atoms with Gasteiger partial charge in [0.15, 0.2) is 0 Å². The molecule has 0 bridgehead atoms. The minimum Gasteiger partial charge on any atom is -0.306 e. The summed E-state index contributed by atoms with van der Waals surface area (Å²) in [6, 6.07) is 4.71. The fraction of sp³-hybridized carbons (Fsp3) is 0.571. The predicted octanol–water partition coefficient (Wildman–Crippen LogP) is 2.65. The van der Waals surface area contributed by atoms with Gasteiger partial charge >= 0.3 is 0 Å². The van der Waals surface area contributed by atoms with Crippen molar-refractivity contribution < 1.29 is 8.42 Å². The quantitative estimate of drug-likeness (QED) is 0.766. The van der Waals surface area contributed by atoms with E-state index in [1.54, 1.807) is 19.2 Å². The van der Waals surface area contributed by atoms with E-state index < -0.39 is 10.0 Å². The van der Waals surface area contributed by atoms with Crippen LogP contribution in [0.25, 0.3) is 0 Å². The summed E-state index contributed by atoms with van der Waals surface area (Å²) < 4.78 is 26.6. The van der Waals surface area contributed by atoms with E-state index in [2.05, 4.69) is 11.9 Å². The van der Waals surface area contributed by atoms with E-state index in [-0.39, 0.29) is 10.8 Å². The van der Waals surface area contributed by atoms with Crippen LogP contribution in [-0.2, 0) is 15.9 Å². The Hall–Kier alpha value is -0.330. The van der Waals surface area contributed by atoms with Crippen LogP contribution in [0.2, 0.25) is 5.02 Å². The van der Waals surface area contributed by atoms with Gasteiger partial charge in [0.25, 0.3) is 0 Å². The fourth-order valence-corrected chi connectivity index (χ4v) is 4.50. The first kappa shape index (κ1) is 17.0. The van der Waals surface area contributed by atoms with Crippen LogP contribution >= 0.6 is 23.2 Å². The zero-order valence-corrected chi connectivity index (χ0v) is 14.5. The molecule has 0 radical (unpaired) electrons. The summed E-state index contributed by atoms with van der Waals surface area (Å²) in [5.41, 5.74) is 0.734. The predicted molar refractivity (Wildman–Crippen MR) is 86.4 cm³/mol. The third kappa shape index (κ3) is 3.90. The van der Waals surface area contributed by atoms with Crippen molar-refractivity contribution in [1.29, 1.82) is 0 Å². The van der Waals surface area contributed by atoms with Crippen LogP contribution in [0.5, 0.6) is 0 Å². The number of halogens is 2. The van der Waals surface area contributed by atoms with Crippen LogP contribution in [0.4, 0.5) is 0 Å². The van der Waals surface area contributed by atoms with Gasteiger partial charge in [-0.25, -0.2) is 12.7 Å². The van der Waals surface area contributed by atoms with Crippen molar-refractivity contribution in [2.45, 2.75) is 17.2 Å². The van der Waals surface area contributed by atoms with E-state index in [1.807, 2.05) is 0 Å². The van der Waals surface area contributed by atoms with Crippen LogP contribution in [0, 0.1) is 5.92 Å². The molecule has 0 spiro atoms. The van der Waals surface area contributed by atoms with Gasteiger partial charge in [0, 0.05) is 31.0 Å². The molecule has 1 saturated heterocycles. The highest BCUT2D eigenvalue weighted by Crippen LogP contribution is 2.25. The van der Waals surface area contributed by atoms with Crippen molar-refractivity contribution in [3.8, 4) is 0 Å². The first-order valence-electron chi connectivity index (χ1n) is 6.84. The highest BCUT2D eigenvalue weighted by atomic mass is 35.5. The highest BCUT2D eigenvalue weighted by Gasteiger charge is 2.27. The molecule has 118 valence electrons. The smallest absolute Gasteiger partial charge is 0.242 e. The standard InChI is InChI=1S/C14H20Cl2N2O2S/c1-17-6-5-11(9-17)10-18(2)21(19,20)13-4-3-12(8-15)14(16)7-13/h3-4,7,11H,5-6,8-10H2,1-2H3. The first-order valence-corrected chi connectivity index (χ1v) is 9.19. The van der Waals surface area contributed by atoms with Crippen LogP contribution in [0.15, 0.2) is 23.1 Å². The summed E-state index contributed by atoms with van der Waals surface area (Å²) in [6.07, 6.45) is 1.03. The molecule has 21 heavy (non-hydrogen) atoms. The summed E-state index contributed by atoms with van der Waals surface area (Å²) in [5, 5.41) is 0.389. The SMILES string of the molecule is CN1CCC(CN(C)S(=O)(=O)c2ccc(CCl)c(Cl)c2)C1. The third-order valence-corrected chi connectivity index (χ3v) is 6.34. The van der Waals surface area contributed by atoms with E-state index in [1.165, 1.54) is 10.4 Å². The highest BCUT2D eigenvalue weighted by molar-refractivity contribution is 7.89. The van der Waals surface area contributed by atoms with Crippen molar-refractivity contribution >= 4 is 33.2 Å². The summed E-state index contributed by atoms with van der Waals surface area (Å²) in [7, 11) is 0.173. The molecule has 1 atom stereocenters. The Morgan fingerprint density at radius 2 is 2.14 bits per heavy atom. The van der Waals surface area contributed by atoms with Gasteiger partial charge in [0.05, 0.1) is 4.90 Å². The molecule has 1 aromatic rings. The number of hydrogen-bond donors (Lipinski definition) is 0. The monoisotopic (exact) mass is 350 g/mol. The molecule has 0 aliphatic carbocycles. The molecule has 2 rings (SSSR count). The Bertz CT molecular complexity index is 607. The lowest BCUT2D eigenvalue weighted by Crippen LogP contribution is -2.32. The number of alkyl halides is 1. The van der Waals surface area contributed by atoms with Gasteiger partial charge in [-0.15, -0.1) is 11.6 Å². The molecule has 0 amide bonds. The number of hydrogen-bond acceptors (Lipinski definition) is 3. The van der Waals surface area contributed by atoms with Crippen molar-refractivity contribution in [2.24, 2.45) is 5.92 Å². The molecule has 1 unspecified atom stereocenters. The summed E-state index contributed by atoms with van der Waals surface area (Å²) in [4.78, 5) is 2.44. The Labute approximate surface area is 136 Å². The maximum absolute atomic E-state index is 12.6. The summed E-state index contributed by atoms with van der Waals surface area (Å²) in [6.45, 7) is 2.49. The average Bonchev–Trinajstić information content (AvgIpc) is 2.83. The van der Waals surface area contributed by atoms with Crippen LogP contribution in [0.1, 0.15) is 12.0 Å². The lowest BCUT2D eigenvalue weighted by molar-refractivity contribution is 0.357. The Morgan fingerprint density at radius 1 is 1.43 bits per heavy atom. The lowest BCUT2D eigenvalue weighted by Gasteiger charge is -2.21. The van der Waals surface area contributed by atoms with Gasteiger partial charge in [-0.1, -0.05) is 17.7 Å². The molecule has 1 aliphatic heterocycles. The van der Waals surface area contributed by atoms with Crippen molar-refractivity contribution in [3.63, 3.8) is 0 Å². The molecule has 7 heteroatoms. The minimum absolute atomic E-state index is 0.218. The fourth-order valence-electron chi connectivity index (χ4n) is 2.61. The number of likely N-dealkylation sites (tertiary alicyclic amines) is 1. The Balaban J connectivity index is 2.15. The lowest BCUT2D eigenvalue weighted by atomic mass is 10.1. The normalized spacial score (nSPS) is 20.3. The number of nitrogens with zero attached hydrogens (tertiary/aromatic N) is 2. The van der Waals surface area contributed by atoms with E-state index in [9.17, 15) is 8.42 Å². The van der Waals surface area contributed by atoms with Gasteiger partial charge < -0.3 is 4.90 Å². The van der Waals surface area contributed by atoms with Gasteiger partial charge in [-0.05, 0) is 43.6 Å². The molecule has 4 nitrogen and oxygen atoms in total. The molecule has 1 aliphatic rings. The molecule has 0 N–H and O–H groups in total. The van der Waals surface area contributed by atoms with Crippen molar-refractivity contribution in [1.82, 2.24) is 9.21 Å². The topological polar surface area (TPSA) is 40.6 Å². The third-order valence-electron chi connectivity index (χ3n) is 3.88. The summed E-state index contributed by atoms with van der Waals surface area (Å²) >= 11 is 11.8. The maximum atomic E-state index is 12.6. The molecule has 0 aromatic heterocycles. The van der Waals surface area contributed by atoms with Gasteiger partial charge in [0.1, 0.15) is 0 Å². The zero-order chi connectivity index (χ0) is 15.6. The first-order chi connectivity index (χ1) is 9.84. The van der Waals surface area contributed by atoms with Gasteiger partial charge in [-0.3, -0.25) is 0 Å². The molecular weight excluding hydrogens is 331 g/mol. The maximum Gasteiger partial charge on any atom is 0.242 e. The second kappa shape index (κ2) is 6.84. The van der Waals surface area contributed by atoms with Crippen LogP contribution < -0.4 is 0 Å². The second-order valence-corrected chi connectivity index (χ2v) is 8.31. The summed E-state index contributed by atoms with van der Waals surface area (Å²) in [5.74, 6) is 0.649. The van der Waals surface area contributed by atoms with E-state index >= 15 is 0 Å². The molecular formula is C14H20Cl2N2O2S. The van der Waals surface area contributed by atoms with E-state index in [0.29, 0.717) is 17.5 Å². The Morgan fingerprint density at radius 3 is 2.67 bits per heavy atom. The average molecular weight is 351 g/mol. The van der Waals surface area contributed by atoms with Crippen LogP contribution in [0.3, 0.4) is 0 Å². The Kier molecular flexibility index (Phi) is 5.54. The van der Waals surface area contributed by atoms with Gasteiger partial charge in [0.2, 0.25) is 10.0 Å². The van der Waals surface area contributed by atoms with E-state index in [0.717, 1.165) is 25.1 Å². The van der Waals surface area contributed by atoms with Gasteiger partial charge in [-0.2, -0.15) is 0 Å². The number of sulfonamides is 1.